The maximum Gasteiger partial charge on any atom is 0.405 e. The molecule has 0 saturated carbocycles. The Hall–Kier alpha value is -3.72. The number of nitrogens with zero attached hydrogens (tertiary/aromatic N) is 2. The molecule has 2 heterocycles. The Morgan fingerprint density at radius 3 is 2.61 bits per heavy atom. The molecule has 3 aromatic rings. The molecule has 0 aliphatic heterocycles. The number of hydrogen-bond acceptors (Lipinski definition) is 5. The third-order valence-electron chi connectivity index (χ3n) is 5.47. The lowest BCUT2D eigenvalue weighted by Crippen LogP contribution is -2.37. The van der Waals surface area contributed by atoms with E-state index in [1.54, 1.807) is 30.5 Å². The van der Waals surface area contributed by atoms with Gasteiger partial charge in [-0.25, -0.2) is 14.2 Å². The summed E-state index contributed by atoms with van der Waals surface area (Å²) in [7, 11) is 0. The molecule has 8 nitrogen and oxygen atoms in total. The maximum absolute atomic E-state index is 13.4. The zero-order valence-corrected chi connectivity index (χ0v) is 21.1. The Bertz CT molecular complexity index is 1230. The number of carbonyl (C=O) groups excluding carboxylic acids is 1. The predicted molar refractivity (Wildman–Crippen MR) is 137 cm³/mol. The van der Waals surface area contributed by atoms with Gasteiger partial charge in [-0.1, -0.05) is 50.6 Å². The van der Waals surface area contributed by atoms with Crippen LogP contribution in [0.1, 0.15) is 54.0 Å². The molecule has 0 aliphatic rings. The summed E-state index contributed by atoms with van der Waals surface area (Å²) in [5, 5.41) is 18.1. The van der Waals surface area contributed by atoms with Crippen LogP contribution in [-0.4, -0.2) is 33.6 Å². The Kier molecular flexibility index (Phi) is 8.82. The molecule has 3 rings (SSSR count). The summed E-state index contributed by atoms with van der Waals surface area (Å²) in [6.07, 6.45) is 0.959. The minimum atomic E-state index is -1.16. The average Bonchev–Trinajstić information content (AvgIpc) is 2.81. The van der Waals surface area contributed by atoms with Crippen molar-refractivity contribution in [2.45, 2.75) is 39.8 Å². The van der Waals surface area contributed by atoms with E-state index in [-0.39, 0.29) is 23.4 Å². The summed E-state index contributed by atoms with van der Waals surface area (Å²) < 4.78 is 13.4. The van der Waals surface area contributed by atoms with Crippen molar-refractivity contribution in [1.29, 1.82) is 0 Å². The van der Waals surface area contributed by atoms with Crippen molar-refractivity contribution in [3.8, 4) is 0 Å². The highest BCUT2D eigenvalue weighted by Crippen LogP contribution is 2.33. The van der Waals surface area contributed by atoms with Gasteiger partial charge in [-0.2, -0.15) is 0 Å². The smallest absolute Gasteiger partial charge is 0.405 e. The van der Waals surface area contributed by atoms with Crippen molar-refractivity contribution < 1.29 is 19.1 Å². The first kappa shape index (κ1) is 26.9. The number of carbonyl (C=O) groups is 2. The molecule has 0 saturated heterocycles. The van der Waals surface area contributed by atoms with Gasteiger partial charge < -0.3 is 21.1 Å². The number of aromatic nitrogens is 2. The molecular weight excluding hydrogens is 485 g/mol. The first-order chi connectivity index (χ1) is 17.0. The van der Waals surface area contributed by atoms with Crippen molar-refractivity contribution in [3.63, 3.8) is 0 Å². The fourth-order valence-electron chi connectivity index (χ4n) is 3.72. The van der Waals surface area contributed by atoms with E-state index in [0.717, 1.165) is 5.56 Å². The number of rotatable bonds is 9. The zero-order chi connectivity index (χ0) is 26.3. The Labute approximate surface area is 214 Å². The number of anilines is 1. The molecule has 1 aromatic carbocycles. The van der Waals surface area contributed by atoms with E-state index < -0.39 is 17.6 Å². The molecule has 2 amide bonds. The summed E-state index contributed by atoms with van der Waals surface area (Å²) in [6.45, 7) is 6.27. The highest BCUT2D eigenvalue weighted by Gasteiger charge is 2.31. The first-order valence-corrected chi connectivity index (χ1v) is 11.8. The normalized spacial score (nSPS) is 12.0. The average molecular weight is 514 g/mol. The second-order valence-corrected chi connectivity index (χ2v) is 9.70. The summed E-state index contributed by atoms with van der Waals surface area (Å²) in [5.74, 6) is -0.390. The minimum Gasteiger partial charge on any atom is -0.465 e. The van der Waals surface area contributed by atoms with Crippen LogP contribution < -0.4 is 16.0 Å². The van der Waals surface area contributed by atoms with Gasteiger partial charge in [-0.3, -0.25) is 9.78 Å². The van der Waals surface area contributed by atoms with Gasteiger partial charge in [0.05, 0.1) is 17.3 Å². The fraction of sp³-hybridized carbons (Fsp3) is 0.308. The minimum absolute atomic E-state index is 0.126. The van der Waals surface area contributed by atoms with Crippen LogP contribution in [-0.2, 0) is 13.0 Å². The van der Waals surface area contributed by atoms with Gasteiger partial charge in [0.25, 0.3) is 5.91 Å². The molecule has 190 valence electrons. The lowest BCUT2D eigenvalue weighted by Gasteiger charge is -2.31. The van der Waals surface area contributed by atoms with Gasteiger partial charge >= 0.3 is 6.09 Å². The lowest BCUT2D eigenvalue weighted by molar-refractivity contribution is 0.0951. The molecule has 10 heteroatoms. The van der Waals surface area contributed by atoms with Crippen LogP contribution in [0, 0.1) is 11.2 Å². The van der Waals surface area contributed by atoms with E-state index in [2.05, 4.69) is 25.9 Å². The number of benzene rings is 1. The van der Waals surface area contributed by atoms with E-state index in [0.29, 0.717) is 35.6 Å². The lowest BCUT2D eigenvalue weighted by atomic mass is 9.83. The highest BCUT2D eigenvalue weighted by atomic mass is 35.5. The van der Waals surface area contributed by atoms with Crippen molar-refractivity contribution in [3.05, 3.63) is 88.1 Å². The molecule has 0 spiro atoms. The van der Waals surface area contributed by atoms with Crippen LogP contribution in [0.3, 0.4) is 0 Å². The Balaban J connectivity index is 1.74. The van der Waals surface area contributed by atoms with Crippen molar-refractivity contribution in [2.75, 3.05) is 11.9 Å². The van der Waals surface area contributed by atoms with E-state index in [9.17, 15) is 19.1 Å². The summed E-state index contributed by atoms with van der Waals surface area (Å²) >= 11 is 6.06. The SMILES string of the molecule is CC(C)(C)C(NC(=O)O)c1ncccc1CNC(=O)c1ccc(Cl)nc1NCCc1cccc(F)c1. The maximum atomic E-state index is 13.4. The number of hydrogen-bond donors (Lipinski definition) is 4. The first-order valence-electron chi connectivity index (χ1n) is 11.4. The van der Waals surface area contributed by atoms with Crippen LogP contribution >= 0.6 is 11.6 Å². The zero-order valence-electron chi connectivity index (χ0n) is 20.3. The topological polar surface area (TPSA) is 116 Å². The van der Waals surface area contributed by atoms with Crippen LogP contribution in [0.2, 0.25) is 5.15 Å². The third-order valence-corrected chi connectivity index (χ3v) is 5.68. The van der Waals surface area contributed by atoms with Crippen molar-refractivity contribution in [2.24, 2.45) is 5.41 Å². The van der Waals surface area contributed by atoms with Gasteiger partial charge in [0.15, 0.2) is 0 Å². The largest absolute Gasteiger partial charge is 0.465 e. The molecular formula is C26H29ClFN5O3. The van der Waals surface area contributed by atoms with Crippen LogP contribution in [0.15, 0.2) is 54.7 Å². The van der Waals surface area contributed by atoms with Crippen LogP contribution in [0.4, 0.5) is 15.0 Å². The molecule has 1 atom stereocenters. The molecule has 0 bridgehead atoms. The molecule has 36 heavy (non-hydrogen) atoms. The quantitative estimate of drug-likeness (QED) is 0.292. The fourth-order valence-corrected chi connectivity index (χ4v) is 3.87. The molecule has 0 aliphatic carbocycles. The highest BCUT2D eigenvalue weighted by molar-refractivity contribution is 6.29. The van der Waals surface area contributed by atoms with E-state index >= 15 is 0 Å². The summed E-state index contributed by atoms with van der Waals surface area (Å²) in [4.78, 5) is 33.1. The van der Waals surface area contributed by atoms with E-state index in [4.69, 9.17) is 11.6 Å². The van der Waals surface area contributed by atoms with E-state index in [1.807, 2.05) is 26.8 Å². The second-order valence-electron chi connectivity index (χ2n) is 9.32. The number of carboxylic acid groups (broad SMARTS) is 1. The number of amides is 2. The number of nitrogens with one attached hydrogen (secondary N) is 3. The molecule has 1 unspecified atom stereocenters. The molecule has 0 radical (unpaired) electrons. The summed E-state index contributed by atoms with van der Waals surface area (Å²) in [6, 6.07) is 12.3. The second kappa shape index (κ2) is 11.8. The summed E-state index contributed by atoms with van der Waals surface area (Å²) in [5.41, 5.74) is 1.87. The molecule has 0 fully saturated rings. The number of pyridine rings is 2. The Morgan fingerprint density at radius 2 is 1.92 bits per heavy atom. The standard InChI is InChI=1S/C26H29ClFN5O3/c1-26(2,3)22(33-25(35)36)21-17(7-5-12-29-21)15-31-24(34)19-9-10-20(27)32-23(19)30-13-11-16-6-4-8-18(28)14-16/h4-10,12,14,22,33H,11,13,15H2,1-3H3,(H,30,32)(H,31,34)(H,35,36). The van der Waals surface area contributed by atoms with Gasteiger partial charge in [-0.15, -0.1) is 0 Å². The van der Waals surface area contributed by atoms with Crippen molar-refractivity contribution in [1.82, 2.24) is 20.6 Å². The predicted octanol–water partition coefficient (Wildman–Crippen LogP) is 5.21. The molecule has 2 aromatic heterocycles. The monoisotopic (exact) mass is 513 g/mol. The van der Waals surface area contributed by atoms with Gasteiger partial charge in [-0.05, 0) is 53.3 Å². The van der Waals surface area contributed by atoms with Crippen LogP contribution in [0.5, 0.6) is 0 Å². The van der Waals surface area contributed by atoms with E-state index in [1.165, 1.54) is 18.2 Å². The van der Waals surface area contributed by atoms with Gasteiger partial charge in [0.2, 0.25) is 0 Å². The van der Waals surface area contributed by atoms with Crippen LogP contribution in [0.25, 0.3) is 0 Å². The van der Waals surface area contributed by atoms with Crippen molar-refractivity contribution >= 4 is 29.4 Å². The van der Waals surface area contributed by atoms with Gasteiger partial charge in [0, 0.05) is 19.3 Å². The van der Waals surface area contributed by atoms with Gasteiger partial charge in [0.1, 0.15) is 16.8 Å². The Morgan fingerprint density at radius 1 is 1.14 bits per heavy atom. The number of halogens is 2. The molecule has 4 N–H and O–H groups in total. The third kappa shape index (κ3) is 7.39.